The second-order valence-electron chi connectivity index (χ2n) is 3.20. The highest BCUT2D eigenvalue weighted by Crippen LogP contribution is 1.98. The van der Waals surface area contributed by atoms with Crippen molar-refractivity contribution in [1.82, 2.24) is 10.3 Å². The molecule has 0 saturated heterocycles. The van der Waals surface area contributed by atoms with Crippen molar-refractivity contribution in [1.29, 1.82) is 0 Å². The van der Waals surface area contributed by atoms with Crippen molar-refractivity contribution in [3.05, 3.63) is 30.1 Å². The van der Waals surface area contributed by atoms with Gasteiger partial charge in [-0.2, -0.15) is 0 Å². The van der Waals surface area contributed by atoms with Gasteiger partial charge in [-0.15, -0.1) is 0 Å². The van der Waals surface area contributed by atoms with E-state index in [0.717, 1.165) is 0 Å². The van der Waals surface area contributed by atoms with E-state index >= 15 is 0 Å². The number of oxime groups is 1. The first-order chi connectivity index (χ1) is 7.69. The highest BCUT2D eigenvalue weighted by molar-refractivity contribution is 5.97. The highest BCUT2D eigenvalue weighted by atomic mass is 16.4. The third kappa shape index (κ3) is 2.94. The normalized spacial score (nSPS) is 13.2. The molecule has 1 rings (SSSR count). The summed E-state index contributed by atoms with van der Waals surface area (Å²) in [5, 5.41) is 14.0. The van der Waals surface area contributed by atoms with Crippen LogP contribution in [-0.2, 0) is 0 Å². The Bertz CT molecular complexity index is 378. The summed E-state index contributed by atoms with van der Waals surface area (Å²) < 4.78 is 0. The summed E-state index contributed by atoms with van der Waals surface area (Å²) in [6.07, 6.45) is 3.58. The molecule has 0 aliphatic rings. The summed E-state index contributed by atoms with van der Waals surface area (Å²) in [5.41, 5.74) is 5.86. The van der Waals surface area contributed by atoms with Gasteiger partial charge in [0.1, 0.15) is 0 Å². The number of hydrogen-bond acceptors (Lipinski definition) is 4. The smallest absolute Gasteiger partial charge is 0.253 e. The largest absolute Gasteiger partial charge is 0.409 e. The molecule has 0 spiro atoms. The SMILES string of the molecule is CCC(NC(=O)c1cccnc1)/C(N)=N/O. The number of carbonyl (C=O) groups excluding carboxylic acids is 1. The molecule has 16 heavy (non-hydrogen) atoms. The minimum atomic E-state index is -0.474. The van der Waals surface area contributed by atoms with Crippen LogP contribution in [0.1, 0.15) is 23.7 Å². The van der Waals surface area contributed by atoms with Crippen LogP contribution in [0.15, 0.2) is 29.7 Å². The number of hydrogen-bond donors (Lipinski definition) is 3. The molecule has 1 aromatic rings. The molecule has 1 heterocycles. The molecular weight excluding hydrogens is 208 g/mol. The maximum atomic E-state index is 11.7. The molecule has 1 aromatic heterocycles. The first-order valence-electron chi connectivity index (χ1n) is 4.87. The van der Waals surface area contributed by atoms with Crippen LogP contribution >= 0.6 is 0 Å². The van der Waals surface area contributed by atoms with Crippen LogP contribution in [0, 0.1) is 0 Å². The predicted octanol–water partition coefficient (Wildman–Crippen LogP) is 0.336. The van der Waals surface area contributed by atoms with Gasteiger partial charge in [-0.3, -0.25) is 9.78 Å². The van der Waals surface area contributed by atoms with Gasteiger partial charge in [0.15, 0.2) is 5.84 Å². The Morgan fingerprint density at radius 2 is 2.50 bits per heavy atom. The van der Waals surface area contributed by atoms with E-state index in [9.17, 15) is 4.79 Å². The number of carbonyl (C=O) groups is 1. The monoisotopic (exact) mass is 222 g/mol. The van der Waals surface area contributed by atoms with Gasteiger partial charge >= 0.3 is 0 Å². The summed E-state index contributed by atoms with van der Waals surface area (Å²) in [5.74, 6) is -0.314. The lowest BCUT2D eigenvalue weighted by Crippen LogP contribution is -2.44. The van der Waals surface area contributed by atoms with E-state index in [0.29, 0.717) is 12.0 Å². The van der Waals surface area contributed by atoms with Crippen molar-refractivity contribution in [2.45, 2.75) is 19.4 Å². The molecule has 1 atom stereocenters. The average Bonchev–Trinajstić information content (AvgIpc) is 2.35. The standard InChI is InChI=1S/C10H14N4O2/c1-2-8(9(11)14-16)13-10(15)7-4-3-5-12-6-7/h3-6,8,16H,2H2,1H3,(H2,11,14)(H,13,15). The number of nitrogens with one attached hydrogen (secondary N) is 1. The summed E-state index contributed by atoms with van der Waals surface area (Å²) >= 11 is 0. The lowest BCUT2D eigenvalue weighted by molar-refractivity contribution is 0.0945. The molecule has 0 aromatic carbocycles. The molecule has 1 unspecified atom stereocenters. The van der Waals surface area contributed by atoms with Gasteiger partial charge < -0.3 is 16.3 Å². The van der Waals surface area contributed by atoms with Crippen molar-refractivity contribution >= 4 is 11.7 Å². The average molecular weight is 222 g/mol. The van der Waals surface area contributed by atoms with Gasteiger partial charge in [0.25, 0.3) is 5.91 Å². The molecule has 0 saturated carbocycles. The predicted molar refractivity (Wildman–Crippen MR) is 59.2 cm³/mol. The van der Waals surface area contributed by atoms with E-state index in [1.807, 2.05) is 6.92 Å². The molecule has 0 radical (unpaired) electrons. The number of nitrogens with two attached hydrogens (primary N) is 1. The molecule has 0 fully saturated rings. The molecule has 0 aliphatic heterocycles. The fourth-order valence-electron chi connectivity index (χ4n) is 1.19. The van der Waals surface area contributed by atoms with E-state index in [1.54, 1.807) is 18.3 Å². The third-order valence-electron chi connectivity index (χ3n) is 2.11. The van der Waals surface area contributed by atoms with E-state index < -0.39 is 6.04 Å². The van der Waals surface area contributed by atoms with Gasteiger partial charge in [0, 0.05) is 12.4 Å². The minimum absolute atomic E-state index is 0.0141. The van der Waals surface area contributed by atoms with Gasteiger partial charge in [-0.1, -0.05) is 12.1 Å². The second kappa shape index (κ2) is 5.69. The summed E-state index contributed by atoms with van der Waals surface area (Å²) in [4.78, 5) is 15.5. The van der Waals surface area contributed by atoms with Crippen LogP contribution in [0.5, 0.6) is 0 Å². The Balaban J connectivity index is 2.70. The first-order valence-corrected chi connectivity index (χ1v) is 4.87. The Hall–Kier alpha value is -2.11. The fraction of sp³-hybridized carbons (Fsp3) is 0.300. The van der Waals surface area contributed by atoms with Crippen molar-refractivity contribution in [2.75, 3.05) is 0 Å². The fourth-order valence-corrected chi connectivity index (χ4v) is 1.19. The van der Waals surface area contributed by atoms with Gasteiger partial charge in [0.05, 0.1) is 11.6 Å². The van der Waals surface area contributed by atoms with Gasteiger partial charge in [-0.05, 0) is 18.6 Å². The number of amides is 1. The molecule has 0 aliphatic carbocycles. The lowest BCUT2D eigenvalue weighted by Gasteiger charge is -2.14. The summed E-state index contributed by atoms with van der Waals surface area (Å²) in [6.45, 7) is 1.83. The topological polar surface area (TPSA) is 101 Å². The molecule has 6 nitrogen and oxygen atoms in total. The van der Waals surface area contributed by atoms with Crippen LogP contribution in [0.3, 0.4) is 0 Å². The van der Waals surface area contributed by atoms with E-state index in [4.69, 9.17) is 10.9 Å². The first kappa shape index (κ1) is 12.0. The van der Waals surface area contributed by atoms with Gasteiger partial charge in [-0.25, -0.2) is 0 Å². The Labute approximate surface area is 93.2 Å². The number of rotatable bonds is 4. The maximum Gasteiger partial charge on any atom is 0.253 e. The number of aromatic nitrogens is 1. The van der Waals surface area contributed by atoms with Crippen LogP contribution in [0.2, 0.25) is 0 Å². The quantitative estimate of drug-likeness (QED) is 0.296. The summed E-state index contributed by atoms with van der Waals surface area (Å²) in [7, 11) is 0. The highest BCUT2D eigenvalue weighted by Gasteiger charge is 2.15. The second-order valence-corrected chi connectivity index (χ2v) is 3.20. The zero-order valence-electron chi connectivity index (χ0n) is 8.92. The Morgan fingerprint density at radius 1 is 1.75 bits per heavy atom. The molecular formula is C10H14N4O2. The van der Waals surface area contributed by atoms with Gasteiger partial charge in [0.2, 0.25) is 0 Å². The lowest BCUT2D eigenvalue weighted by atomic mass is 10.2. The van der Waals surface area contributed by atoms with E-state index in [1.165, 1.54) is 6.20 Å². The zero-order chi connectivity index (χ0) is 12.0. The Morgan fingerprint density at radius 3 is 3.00 bits per heavy atom. The van der Waals surface area contributed by atoms with Crippen molar-refractivity contribution in [3.63, 3.8) is 0 Å². The molecule has 0 bridgehead atoms. The Kier molecular flexibility index (Phi) is 4.26. The van der Waals surface area contributed by atoms with Crippen LogP contribution in [0.4, 0.5) is 0 Å². The van der Waals surface area contributed by atoms with Crippen LogP contribution in [0.25, 0.3) is 0 Å². The number of amidine groups is 1. The van der Waals surface area contributed by atoms with Crippen LogP contribution in [-0.4, -0.2) is 28.0 Å². The van der Waals surface area contributed by atoms with E-state index in [2.05, 4.69) is 15.5 Å². The van der Waals surface area contributed by atoms with Crippen LogP contribution < -0.4 is 11.1 Å². The number of pyridine rings is 1. The van der Waals surface area contributed by atoms with Crippen molar-refractivity contribution in [2.24, 2.45) is 10.9 Å². The molecule has 4 N–H and O–H groups in total. The summed E-state index contributed by atoms with van der Waals surface area (Å²) in [6, 6.07) is 2.83. The van der Waals surface area contributed by atoms with Crippen molar-refractivity contribution < 1.29 is 10.0 Å². The number of nitrogens with zero attached hydrogens (tertiary/aromatic N) is 2. The maximum absolute atomic E-state index is 11.7. The van der Waals surface area contributed by atoms with E-state index in [-0.39, 0.29) is 11.7 Å². The molecule has 1 amide bonds. The zero-order valence-corrected chi connectivity index (χ0v) is 8.92. The minimum Gasteiger partial charge on any atom is -0.409 e. The third-order valence-corrected chi connectivity index (χ3v) is 2.11. The molecule has 6 heteroatoms. The van der Waals surface area contributed by atoms with Crippen molar-refractivity contribution in [3.8, 4) is 0 Å². The molecule has 86 valence electrons.